The zero-order valence-electron chi connectivity index (χ0n) is 10.3. The van der Waals surface area contributed by atoms with Gasteiger partial charge in [-0.05, 0) is 24.0 Å². The van der Waals surface area contributed by atoms with Crippen LogP contribution < -0.4 is 5.32 Å². The van der Waals surface area contributed by atoms with Gasteiger partial charge in [0.05, 0.1) is 17.3 Å². The van der Waals surface area contributed by atoms with Gasteiger partial charge in [0.1, 0.15) is 0 Å². The average Bonchev–Trinajstić information content (AvgIpc) is 2.81. The highest BCUT2D eigenvalue weighted by atomic mass is 35.5. The van der Waals surface area contributed by atoms with Crippen LogP contribution in [0.2, 0.25) is 10.0 Å². The largest absolute Gasteiger partial charge is 0.324 e. The first-order valence-corrected chi connectivity index (χ1v) is 7.56. The molecule has 1 amide bonds. The lowest BCUT2D eigenvalue weighted by atomic mass is 10.3. The molecule has 1 heterocycles. The topological polar surface area (TPSA) is 44.7 Å². The number of thioether (sulfide) groups is 1. The third-order valence-corrected chi connectivity index (χ3v) is 3.81. The van der Waals surface area contributed by atoms with Crippen molar-refractivity contribution in [2.45, 2.75) is 6.92 Å². The molecule has 0 aromatic heterocycles. The summed E-state index contributed by atoms with van der Waals surface area (Å²) in [4.78, 5) is 17.8. The second-order valence-electron chi connectivity index (χ2n) is 3.81. The lowest BCUT2D eigenvalue weighted by Crippen LogP contribution is -2.36. The summed E-state index contributed by atoms with van der Waals surface area (Å²) >= 11 is 13.2. The van der Waals surface area contributed by atoms with E-state index in [1.807, 2.05) is 6.92 Å². The number of nitrogens with one attached hydrogen (secondary N) is 1. The summed E-state index contributed by atoms with van der Waals surface area (Å²) in [7, 11) is 0. The van der Waals surface area contributed by atoms with Gasteiger partial charge >= 0.3 is 0 Å². The second kappa shape index (κ2) is 6.50. The Hall–Kier alpha value is -0.910. The van der Waals surface area contributed by atoms with E-state index in [1.54, 1.807) is 23.1 Å². The van der Waals surface area contributed by atoms with E-state index in [1.165, 1.54) is 11.8 Å². The predicted octanol–water partition coefficient (Wildman–Crippen LogP) is 3.95. The SMILES string of the molecule is CCSC(=O)N1CCN=C1Nc1ccc(Cl)cc1Cl. The molecule has 0 saturated carbocycles. The number of halogens is 2. The molecule has 1 aliphatic rings. The van der Waals surface area contributed by atoms with E-state index < -0.39 is 0 Å². The van der Waals surface area contributed by atoms with Crippen LogP contribution in [0.3, 0.4) is 0 Å². The molecule has 0 radical (unpaired) electrons. The van der Waals surface area contributed by atoms with Crippen LogP contribution in [0, 0.1) is 0 Å². The van der Waals surface area contributed by atoms with E-state index in [2.05, 4.69) is 10.3 Å². The van der Waals surface area contributed by atoms with Crippen LogP contribution in [0.15, 0.2) is 23.2 Å². The van der Waals surface area contributed by atoms with Crippen molar-refractivity contribution >= 4 is 51.8 Å². The Morgan fingerprint density at radius 1 is 1.53 bits per heavy atom. The molecule has 1 N–H and O–H groups in total. The van der Waals surface area contributed by atoms with Gasteiger partial charge in [-0.25, -0.2) is 0 Å². The lowest BCUT2D eigenvalue weighted by Gasteiger charge is -2.19. The summed E-state index contributed by atoms with van der Waals surface area (Å²) in [5.41, 5.74) is 0.686. The first-order valence-electron chi connectivity index (χ1n) is 5.82. The maximum Gasteiger partial charge on any atom is 0.288 e. The van der Waals surface area contributed by atoms with Gasteiger partial charge in [-0.2, -0.15) is 0 Å². The van der Waals surface area contributed by atoms with E-state index in [4.69, 9.17) is 23.2 Å². The normalized spacial score (nSPS) is 14.5. The van der Waals surface area contributed by atoms with Crippen molar-refractivity contribution in [3.05, 3.63) is 28.2 Å². The molecule has 0 spiro atoms. The van der Waals surface area contributed by atoms with Gasteiger partial charge in [-0.3, -0.25) is 14.7 Å². The number of benzene rings is 1. The lowest BCUT2D eigenvalue weighted by molar-refractivity contribution is 0.246. The van der Waals surface area contributed by atoms with Gasteiger partial charge in [0.2, 0.25) is 5.96 Å². The molecular formula is C12H13Cl2N3OS. The fourth-order valence-corrected chi connectivity index (χ4v) is 2.68. The Bertz CT molecular complexity index is 522. The molecule has 0 saturated heterocycles. The number of rotatable bonds is 2. The van der Waals surface area contributed by atoms with E-state index in [0.717, 1.165) is 5.75 Å². The number of carbonyl (C=O) groups excluding carboxylic acids is 1. The number of guanidine groups is 1. The minimum absolute atomic E-state index is 0.00339. The third kappa shape index (κ3) is 3.55. The highest BCUT2D eigenvalue weighted by Gasteiger charge is 2.24. The van der Waals surface area contributed by atoms with Crippen molar-refractivity contribution in [1.29, 1.82) is 0 Å². The fourth-order valence-electron chi connectivity index (χ4n) is 1.64. The summed E-state index contributed by atoms with van der Waals surface area (Å²) in [5, 5.41) is 4.14. The van der Waals surface area contributed by atoms with E-state index in [9.17, 15) is 4.79 Å². The molecule has 0 aliphatic carbocycles. The molecule has 0 unspecified atom stereocenters. The van der Waals surface area contributed by atoms with Crippen molar-refractivity contribution in [2.75, 3.05) is 24.2 Å². The average molecular weight is 318 g/mol. The number of hydrogen-bond donors (Lipinski definition) is 1. The Kier molecular flexibility index (Phi) is 4.96. The smallest absolute Gasteiger partial charge is 0.288 e. The Labute approximate surface area is 126 Å². The van der Waals surface area contributed by atoms with E-state index >= 15 is 0 Å². The molecule has 2 rings (SSSR count). The van der Waals surface area contributed by atoms with Gasteiger partial charge < -0.3 is 5.32 Å². The highest BCUT2D eigenvalue weighted by Crippen LogP contribution is 2.26. The Morgan fingerprint density at radius 2 is 2.32 bits per heavy atom. The molecule has 0 atom stereocenters. The maximum absolute atomic E-state index is 11.9. The summed E-state index contributed by atoms with van der Waals surface area (Å²) in [6, 6.07) is 5.15. The number of carbonyl (C=O) groups is 1. The number of aliphatic imine (C=N–C) groups is 1. The Morgan fingerprint density at radius 3 is 3.00 bits per heavy atom. The van der Waals surface area contributed by atoms with Gasteiger partial charge in [-0.1, -0.05) is 41.9 Å². The predicted molar refractivity (Wildman–Crippen MR) is 82.6 cm³/mol. The van der Waals surface area contributed by atoms with Crippen LogP contribution in [-0.4, -0.2) is 34.9 Å². The van der Waals surface area contributed by atoms with Crippen LogP contribution in [0.1, 0.15) is 6.92 Å². The van der Waals surface area contributed by atoms with E-state index in [-0.39, 0.29) is 5.24 Å². The molecule has 19 heavy (non-hydrogen) atoms. The number of hydrogen-bond acceptors (Lipinski definition) is 4. The molecule has 1 aromatic carbocycles. The Balaban J connectivity index is 2.11. The number of amides is 1. The number of nitrogens with zero attached hydrogens (tertiary/aromatic N) is 2. The standard InChI is InChI=1S/C12H13Cl2N3OS/c1-2-19-12(18)17-6-5-15-11(17)16-10-4-3-8(13)7-9(10)14/h3-4,7H,2,5-6H2,1H3,(H,15,16). The molecule has 0 bridgehead atoms. The van der Waals surface area contributed by atoms with Crippen molar-refractivity contribution in [1.82, 2.24) is 4.90 Å². The summed E-state index contributed by atoms with van der Waals surface area (Å²) in [6.07, 6.45) is 0. The molecular weight excluding hydrogens is 305 g/mol. The minimum Gasteiger partial charge on any atom is -0.324 e. The minimum atomic E-state index is -0.00339. The van der Waals surface area contributed by atoms with Crippen LogP contribution in [0.4, 0.5) is 10.5 Å². The highest BCUT2D eigenvalue weighted by molar-refractivity contribution is 8.13. The first kappa shape index (κ1) is 14.5. The summed E-state index contributed by atoms with van der Waals surface area (Å²) < 4.78 is 0. The van der Waals surface area contributed by atoms with Crippen LogP contribution in [0.25, 0.3) is 0 Å². The monoisotopic (exact) mass is 317 g/mol. The quantitative estimate of drug-likeness (QED) is 0.898. The van der Waals surface area contributed by atoms with Crippen molar-refractivity contribution in [3.8, 4) is 0 Å². The zero-order valence-corrected chi connectivity index (χ0v) is 12.6. The van der Waals surface area contributed by atoms with E-state index in [0.29, 0.717) is 34.8 Å². The van der Waals surface area contributed by atoms with Crippen LogP contribution in [0.5, 0.6) is 0 Å². The van der Waals surface area contributed by atoms with Crippen molar-refractivity contribution in [3.63, 3.8) is 0 Å². The zero-order chi connectivity index (χ0) is 13.8. The van der Waals surface area contributed by atoms with Crippen LogP contribution >= 0.6 is 35.0 Å². The third-order valence-electron chi connectivity index (χ3n) is 2.51. The number of anilines is 1. The maximum atomic E-state index is 11.9. The second-order valence-corrected chi connectivity index (χ2v) is 5.86. The van der Waals surface area contributed by atoms with Gasteiger partial charge in [0.25, 0.3) is 5.24 Å². The van der Waals surface area contributed by atoms with Gasteiger partial charge in [0, 0.05) is 11.6 Å². The van der Waals surface area contributed by atoms with Gasteiger partial charge in [0.15, 0.2) is 0 Å². The van der Waals surface area contributed by atoms with Crippen LogP contribution in [-0.2, 0) is 0 Å². The first-order chi connectivity index (χ1) is 9.11. The van der Waals surface area contributed by atoms with Crippen molar-refractivity contribution < 1.29 is 4.79 Å². The molecule has 7 heteroatoms. The molecule has 0 fully saturated rings. The molecule has 102 valence electrons. The summed E-state index contributed by atoms with van der Waals surface area (Å²) in [5.74, 6) is 1.28. The van der Waals surface area contributed by atoms with Crippen molar-refractivity contribution in [2.24, 2.45) is 4.99 Å². The molecule has 4 nitrogen and oxygen atoms in total. The molecule has 1 aliphatic heterocycles. The fraction of sp³-hybridized carbons (Fsp3) is 0.333. The van der Waals surface area contributed by atoms with Gasteiger partial charge in [-0.15, -0.1) is 0 Å². The summed E-state index contributed by atoms with van der Waals surface area (Å²) in [6.45, 7) is 3.14. The molecule has 1 aromatic rings.